The molecule has 0 atom stereocenters. The summed E-state index contributed by atoms with van der Waals surface area (Å²) in [5, 5.41) is 0.651. The Bertz CT molecular complexity index is 573. The van der Waals surface area contributed by atoms with Crippen LogP contribution in [0.2, 0.25) is 0 Å². The zero-order chi connectivity index (χ0) is 15.3. The van der Waals surface area contributed by atoms with E-state index in [-0.39, 0.29) is 0 Å². The molecule has 0 amide bonds. The number of hydrogen-bond donors (Lipinski definition) is 0. The van der Waals surface area contributed by atoms with Crippen molar-refractivity contribution in [2.45, 2.75) is 12.7 Å². The largest absolute Gasteiger partial charge is 0.433 e. The number of pyridine rings is 1. The quantitative estimate of drug-likeness (QED) is 0.731. The van der Waals surface area contributed by atoms with Crippen molar-refractivity contribution in [2.24, 2.45) is 0 Å². The fourth-order valence-corrected chi connectivity index (χ4v) is 2.37. The van der Waals surface area contributed by atoms with E-state index in [2.05, 4.69) is 20.9 Å². The first kappa shape index (κ1) is 15.8. The molecular formula is C15H14BrF3N2. The summed E-state index contributed by atoms with van der Waals surface area (Å²) in [5.41, 5.74) is 0.158. The molecule has 112 valence electrons. The number of halogens is 4. The maximum Gasteiger partial charge on any atom is 0.433 e. The summed E-state index contributed by atoms with van der Waals surface area (Å²) >= 11 is 3.33. The Hall–Kier alpha value is -1.56. The van der Waals surface area contributed by atoms with Crippen LogP contribution in [0, 0.1) is 0 Å². The highest BCUT2D eigenvalue weighted by atomic mass is 79.9. The molecule has 0 bridgehead atoms. The molecule has 0 fully saturated rings. The number of alkyl halides is 4. The van der Waals surface area contributed by atoms with E-state index in [9.17, 15) is 13.2 Å². The van der Waals surface area contributed by atoms with Crippen LogP contribution >= 0.6 is 15.9 Å². The lowest BCUT2D eigenvalue weighted by Gasteiger charge is -2.23. The van der Waals surface area contributed by atoms with E-state index in [1.54, 1.807) is 6.07 Å². The van der Waals surface area contributed by atoms with Crippen LogP contribution in [0.1, 0.15) is 11.3 Å². The van der Waals surface area contributed by atoms with Gasteiger partial charge in [0.05, 0.1) is 0 Å². The van der Waals surface area contributed by atoms with Crippen molar-refractivity contribution in [3.05, 3.63) is 59.8 Å². The van der Waals surface area contributed by atoms with Gasteiger partial charge in [0.1, 0.15) is 11.5 Å². The molecule has 0 N–H and O–H groups in total. The van der Waals surface area contributed by atoms with E-state index in [1.807, 2.05) is 35.2 Å². The zero-order valence-corrected chi connectivity index (χ0v) is 12.7. The van der Waals surface area contributed by atoms with Gasteiger partial charge in [-0.15, -0.1) is 0 Å². The maximum absolute atomic E-state index is 12.8. The van der Waals surface area contributed by atoms with Crippen molar-refractivity contribution < 1.29 is 13.2 Å². The van der Waals surface area contributed by atoms with Gasteiger partial charge in [-0.1, -0.05) is 52.3 Å². The molecule has 0 aliphatic heterocycles. The first-order valence-corrected chi connectivity index (χ1v) is 7.52. The molecule has 0 saturated heterocycles. The van der Waals surface area contributed by atoms with Crippen LogP contribution in [0.15, 0.2) is 48.5 Å². The number of nitrogens with zero attached hydrogens (tertiary/aromatic N) is 2. The minimum absolute atomic E-state index is 0.327. The second kappa shape index (κ2) is 6.93. The van der Waals surface area contributed by atoms with E-state index in [1.165, 1.54) is 6.07 Å². The summed E-state index contributed by atoms with van der Waals surface area (Å²) < 4.78 is 38.3. The molecule has 0 radical (unpaired) electrons. The monoisotopic (exact) mass is 358 g/mol. The van der Waals surface area contributed by atoms with Gasteiger partial charge in [-0.05, 0) is 17.7 Å². The van der Waals surface area contributed by atoms with Gasteiger partial charge in [0.15, 0.2) is 0 Å². The zero-order valence-electron chi connectivity index (χ0n) is 11.1. The smallest absolute Gasteiger partial charge is 0.351 e. The number of rotatable bonds is 5. The van der Waals surface area contributed by atoms with Crippen molar-refractivity contribution in [2.75, 3.05) is 16.8 Å². The van der Waals surface area contributed by atoms with Crippen LogP contribution in [0.25, 0.3) is 0 Å². The summed E-state index contributed by atoms with van der Waals surface area (Å²) in [6.07, 6.45) is -4.43. The average Bonchev–Trinajstić information content (AvgIpc) is 2.47. The van der Waals surface area contributed by atoms with Gasteiger partial charge in [0.2, 0.25) is 0 Å². The molecule has 21 heavy (non-hydrogen) atoms. The van der Waals surface area contributed by atoms with Crippen LogP contribution in [0.3, 0.4) is 0 Å². The van der Waals surface area contributed by atoms with Crippen molar-refractivity contribution in [1.29, 1.82) is 0 Å². The highest BCUT2D eigenvalue weighted by Gasteiger charge is 2.32. The number of benzene rings is 1. The van der Waals surface area contributed by atoms with Crippen molar-refractivity contribution in [1.82, 2.24) is 4.98 Å². The van der Waals surface area contributed by atoms with E-state index in [0.29, 0.717) is 24.2 Å². The van der Waals surface area contributed by atoms with Gasteiger partial charge < -0.3 is 4.90 Å². The lowest BCUT2D eigenvalue weighted by atomic mass is 10.2. The minimum atomic E-state index is -4.43. The molecule has 1 heterocycles. The maximum atomic E-state index is 12.8. The Morgan fingerprint density at radius 2 is 1.71 bits per heavy atom. The number of anilines is 1. The Morgan fingerprint density at radius 3 is 2.33 bits per heavy atom. The van der Waals surface area contributed by atoms with Gasteiger partial charge in [0, 0.05) is 18.4 Å². The first-order valence-electron chi connectivity index (χ1n) is 6.40. The van der Waals surface area contributed by atoms with Crippen molar-refractivity contribution in [3.8, 4) is 0 Å². The third-order valence-corrected chi connectivity index (χ3v) is 3.27. The van der Waals surface area contributed by atoms with E-state index in [4.69, 9.17) is 0 Å². The standard InChI is InChI=1S/C15H14BrF3N2/c16-9-10-21(11-12-5-2-1-3-6-12)14-8-4-7-13(20-14)15(17,18)19/h1-8H,9-11H2. The predicted octanol–water partition coefficient (Wildman–Crippen LogP) is 4.50. The fraction of sp³-hybridized carbons (Fsp3) is 0.267. The normalized spacial score (nSPS) is 11.4. The first-order chi connectivity index (χ1) is 10.0. The molecule has 0 spiro atoms. The number of aromatic nitrogens is 1. The van der Waals surface area contributed by atoms with Gasteiger partial charge in [-0.25, -0.2) is 4.98 Å². The van der Waals surface area contributed by atoms with E-state index >= 15 is 0 Å². The van der Waals surface area contributed by atoms with Gasteiger partial charge >= 0.3 is 6.18 Å². The number of hydrogen-bond acceptors (Lipinski definition) is 2. The topological polar surface area (TPSA) is 16.1 Å². The van der Waals surface area contributed by atoms with Crippen LogP contribution in [0.4, 0.5) is 19.0 Å². The van der Waals surface area contributed by atoms with Gasteiger partial charge in [-0.2, -0.15) is 13.2 Å². The lowest BCUT2D eigenvalue weighted by Crippen LogP contribution is -2.26. The molecule has 0 aliphatic rings. The van der Waals surface area contributed by atoms with Crippen molar-refractivity contribution >= 4 is 21.7 Å². The molecule has 2 rings (SSSR count). The SMILES string of the molecule is FC(F)(F)c1cccc(N(CCBr)Cc2ccccc2)n1. The molecule has 1 aromatic carbocycles. The summed E-state index contributed by atoms with van der Waals surface area (Å²) in [4.78, 5) is 5.56. The summed E-state index contributed by atoms with van der Waals surface area (Å²) in [6, 6.07) is 13.6. The van der Waals surface area contributed by atoms with Crippen LogP contribution in [0.5, 0.6) is 0 Å². The van der Waals surface area contributed by atoms with Crippen molar-refractivity contribution in [3.63, 3.8) is 0 Å². The minimum Gasteiger partial charge on any atom is -0.351 e. The molecule has 6 heteroatoms. The highest BCUT2D eigenvalue weighted by Crippen LogP contribution is 2.29. The Morgan fingerprint density at radius 1 is 1.00 bits per heavy atom. The predicted molar refractivity (Wildman–Crippen MR) is 80.5 cm³/mol. The van der Waals surface area contributed by atoms with Crippen LogP contribution in [-0.2, 0) is 12.7 Å². The third kappa shape index (κ3) is 4.46. The van der Waals surface area contributed by atoms with E-state index in [0.717, 1.165) is 11.6 Å². The Labute approximate surface area is 129 Å². The fourth-order valence-electron chi connectivity index (χ4n) is 1.94. The summed E-state index contributed by atoms with van der Waals surface area (Å²) in [7, 11) is 0. The highest BCUT2D eigenvalue weighted by molar-refractivity contribution is 9.09. The summed E-state index contributed by atoms with van der Waals surface area (Å²) in [5.74, 6) is 0.327. The Kier molecular flexibility index (Phi) is 5.22. The molecular weight excluding hydrogens is 345 g/mol. The van der Waals surface area contributed by atoms with Gasteiger partial charge in [0.25, 0.3) is 0 Å². The average molecular weight is 359 g/mol. The second-order valence-corrected chi connectivity index (χ2v) is 5.27. The molecule has 0 saturated carbocycles. The molecule has 0 aliphatic carbocycles. The third-order valence-electron chi connectivity index (χ3n) is 2.92. The van der Waals surface area contributed by atoms with Crippen LogP contribution in [-0.4, -0.2) is 16.9 Å². The van der Waals surface area contributed by atoms with Crippen LogP contribution < -0.4 is 4.90 Å². The second-order valence-electron chi connectivity index (χ2n) is 4.47. The van der Waals surface area contributed by atoms with Gasteiger partial charge in [-0.3, -0.25) is 0 Å². The molecule has 2 aromatic rings. The summed E-state index contributed by atoms with van der Waals surface area (Å²) in [6.45, 7) is 1.09. The Balaban J connectivity index is 2.26. The molecule has 1 aromatic heterocycles. The van der Waals surface area contributed by atoms with E-state index < -0.39 is 11.9 Å². The molecule has 2 nitrogen and oxygen atoms in total. The lowest BCUT2D eigenvalue weighted by molar-refractivity contribution is -0.141. The molecule has 0 unspecified atom stereocenters.